The number of rotatable bonds is 4. The highest BCUT2D eigenvalue weighted by Gasteiger charge is 2.32. The van der Waals surface area contributed by atoms with Crippen LogP contribution in [0.4, 0.5) is 0 Å². The van der Waals surface area contributed by atoms with E-state index in [0.717, 1.165) is 19.5 Å². The Morgan fingerprint density at radius 1 is 1.11 bits per heavy atom. The summed E-state index contributed by atoms with van der Waals surface area (Å²) in [6.45, 7) is 5.80. The number of likely N-dealkylation sites (tertiary alicyclic amines) is 1. The molecule has 3 rings (SSSR count). The number of piperidine rings is 1. The molecule has 2 heterocycles. The molecule has 27 heavy (non-hydrogen) atoms. The molecule has 6 nitrogen and oxygen atoms in total. The molecule has 1 amide bonds. The van der Waals surface area contributed by atoms with Crippen LogP contribution in [0.1, 0.15) is 19.8 Å². The molecule has 0 aromatic heterocycles. The third-order valence-electron chi connectivity index (χ3n) is 5.22. The quantitative estimate of drug-likeness (QED) is 0.731. The fraction of sp³-hybridized carbons (Fsp3) is 0.611. The second-order valence-electron chi connectivity index (χ2n) is 7.32. The van der Waals surface area contributed by atoms with Crippen LogP contribution < -0.4 is 0 Å². The second-order valence-corrected chi connectivity index (χ2v) is 10.0. The van der Waals surface area contributed by atoms with E-state index in [2.05, 4.69) is 6.92 Å². The largest absolute Gasteiger partial charge is 0.341 e. The van der Waals surface area contributed by atoms with Crippen LogP contribution in [0, 0.1) is 5.92 Å². The summed E-state index contributed by atoms with van der Waals surface area (Å²) >= 11 is 12.2. The van der Waals surface area contributed by atoms with Crippen LogP contribution in [-0.2, 0) is 14.8 Å². The van der Waals surface area contributed by atoms with Crippen molar-refractivity contribution in [3.05, 3.63) is 28.2 Å². The summed E-state index contributed by atoms with van der Waals surface area (Å²) < 4.78 is 27.2. The number of hydrogen-bond acceptors (Lipinski definition) is 4. The van der Waals surface area contributed by atoms with Gasteiger partial charge in [-0.15, -0.1) is 0 Å². The van der Waals surface area contributed by atoms with Crippen molar-refractivity contribution < 1.29 is 13.2 Å². The number of carbonyl (C=O) groups excluding carboxylic acids is 1. The number of halogens is 2. The van der Waals surface area contributed by atoms with Gasteiger partial charge in [0, 0.05) is 39.3 Å². The van der Waals surface area contributed by atoms with E-state index >= 15 is 0 Å². The van der Waals surface area contributed by atoms with E-state index in [4.69, 9.17) is 23.2 Å². The average molecular weight is 434 g/mol. The Morgan fingerprint density at radius 3 is 2.33 bits per heavy atom. The molecule has 150 valence electrons. The molecule has 1 unspecified atom stereocenters. The van der Waals surface area contributed by atoms with Crippen LogP contribution in [0.2, 0.25) is 10.0 Å². The van der Waals surface area contributed by atoms with Crippen molar-refractivity contribution in [2.45, 2.75) is 24.7 Å². The van der Waals surface area contributed by atoms with Gasteiger partial charge < -0.3 is 4.90 Å². The molecule has 1 aromatic rings. The highest BCUT2D eigenvalue weighted by atomic mass is 35.5. The van der Waals surface area contributed by atoms with Crippen LogP contribution >= 0.6 is 23.2 Å². The topological polar surface area (TPSA) is 60.9 Å². The lowest BCUT2D eigenvalue weighted by Gasteiger charge is -2.36. The molecule has 2 aliphatic heterocycles. The van der Waals surface area contributed by atoms with Gasteiger partial charge in [0.05, 0.1) is 16.6 Å². The lowest BCUT2D eigenvalue weighted by Crippen LogP contribution is -2.52. The highest BCUT2D eigenvalue weighted by molar-refractivity contribution is 7.89. The van der Waals surface area contributed by atoms with E-state index in [0.29, 0.717) is 38.6 Å². The van der Waals surface area contributed by atoms with Gasteiger partial charge in [0.1, 0.15) is 4.90 Å². The first-order valence-electron chi connectivity index (χ1n) is 9.23. The maximum Gasteiger partial charge on any atom is 0.246 e. The molecular formula is C18H25Cl2N3O3S. The predicted molar refractivity (Wildman–Crippen MR) is 107 cm³/mol. The van der Waals surface area contributed by atoms with E-state index in [1.807, 2.05) is 9.80 Å². The third kappa shape index (κ3) is 4.77. The number of piperazine rings is 1. The summed E-state index contributed by atoms with van der Waals surface area (Å²) in [5, 5.41) is 0.249. The molecule has 0 saturated carbocycles. The first-order chi connectivity index (χ1) is 12.8. The number of nitrogens with zero attached hydrogens (tertiary/aromatic N) is 3. The van der Waals surface area contributed by atoms with Crippen LogP contribution in [0.25, 0.3) is 0 Å². The van der Waals surface area contributed by atoms with Crippen molar-refractivity contribution in [2.24, 2.45) is 5.92 Å². The second kappa shape index (κ2) is 8.66. The average Bonchev–Trinajstić information content (AvgIpc) is 2.62. The Hall–Kier alpha value is -0.860. The molecular weight excluding hydrogens is 409 g/mol. The predicted octanol–water partition coefficient (Wildman–Crippen LogP) is 2.56. The first kappa shape index (κ1) is 20.9. The zero-order chi connectivity index (χ0) is 19.6. The molecule has 2 saturated heterocycles. The Labute approximate surface area is 171 Å². The van der Waals surface area contributed by atoms with Crippen molar-refractivity contribution in [2.75, 3.05) is 45.8 Å². The standard InChI is InChI=1S/C18H25Cl2N3O3S/c1-14-4-3-7-22(12-14)17(24)13-21-8-10-23(11-9-21)27(25,26)18-15(19)5-2-6-16(18)20/h2,5-6,14H,3-4,7-13H2,1H3. The summed E-state index contributed by atoms with van der Waals surface area (Å²) in [4.78, 5) is 16.4. The van der Waals surface area contributed by atoms with E-state index < -0.39 is 10.0 Å². The number of amides is 1. The summed E-state index contributed by atoms with van der Waals surface area (Å²) in [6.07, 6.45) is 2.22. The zero-order valence-electron chi connectivity index (χ0n) is 15.4. The molecule has 0 bridgehead atoms. The van der Waals surface area contributed by atoms with Crippen molar-refractivity contribution >= 4 is 39.1 Å². The van der Waals surface area contributed by atoms with Gasteiger partial charge >= 0.3 is 0 Å². The van der Waals surface area contributed by atoms with Crippen LogP contribution in [0.5, 0.6) is 0 Å². The summed E-state index contributed by atoms with van der Waals surface area (Å²) in [7, 11) is -3.76. The van der Waals surface area contributed by atoms with Crippen LogP contribution in [-0.4, -0.2) is 74.2 Å². The monoisotopic (exact) mass is 433 g/mol. The van der Waals surface area contributed by atoms with Gasteiger partial charge in [0.25, 0.3) is 0 Å². The molecule has 9 heteroatoms. The molecule has 2 fully saturated rings. The number of benzene rings is 1. The van der Waals surface area contributed by atoms with Crippen molar-refractivity contribution in [1.29, 1.82) is 0 Å². The lowest BCUT2D eigenvalue weighted by atomic mass is 10.0. The smallest absolute Gasteiger partial charge is 0.246 e. The maximum absolute atomic E-state index is 12.9. The Balaban J connectivity index is 1.59. The van der Waals surface area contributed by atoms with Gasteiger partial charge in [0.15, 0.2) is 0 Å². The van der Waals surface area contributed by atoms with E-state index in [-0.39, 0.29) is 20.8 Å². The summed E-state index contributed by atoms with van der Waals surface area (Å²) in [5.74, 6) is 0.678. The molecule has 0 N–H and O–H groups in total. The van der Waals surface area contributed by atoms with Crippen LogP contribution in [0.15, 0.2) is 23.1 Å². The Morgan fingerprint density at radius 2 is 1.74 bits per heavy atom. The minimum Gasteiger partial charge on any atom is -0.341 e. The van der Waals surface area contributed by atoms with E-state index in [1.165, 1.54) is 22.9 Å². The normalized spacial score (nSPS) is 22.8. The Kier molecular flexibility index (Phi) is 6.69. The lowest BCUT2D eigenvalue weighted by molar-refractivity contribution is -0.134. The summed E-state index contributed by atoms with van der Waals surface area (Å²) in [5.41, 5.74) is 0. The molecule has 0 spiro atoms. The van der Waals surface area contributed by atoms with Gasteiger partial charge in [-0.05, 0) is 30.9 Å². The number of sulfonamides is 1. The molecule has 1 aromatic carbocycles. The van der Waals surface area contributed by atoms with Crippen molar-refractivity contribution in [3.63, 3.8) is 0 Å². The van der Waals surface area contributed by atoms with Gasteiger partial charge in [-0.3, -0.25) is 9.69 Å². The minimum absolute atomic E-state index is 0.0415. The van der Waals surface area contributed by atoms with Gasteiger partial charge in [0.2, 0.25) is 15.9 Å². The van der Waals surface area contributed by atoms with E-state index in [9.17, 15) is 13.2 Å². The van der Waals surface area contributed by atoms with Crippen molar-refractivity contribution in [1.82, 2.24) is 14.1 Å². The number of carbonyl (C=O) groups is 1. The summed E-state index contributed by atoms with van der Waals surface area (Å²) in [6, 6.07) is 4.67. The molecule has 2 aliphatic rings. The minimum atomic E-state index is -3.76. The third-order valence-corrected chi connectivity index (χ3v) is 8.07. The molecule has 0 aliphatic carbocycles. The molecule has 1 atom stereocenters. The highest BCUT2D eigenvalue weighted by Crippen LogP contribution is 2.31. The molecule has 0 radical (unpaired) electrons. The zero-order valence-corrected chi connectivity index (χ0v) is 17.7. The Bertz CT molecular complexity index is 775. The van der Waals surface area contributed by atoms with Crippen molar-refractivity contribution in [3.8, 4) is 0 Å². The maximum atomic E-state index is 12.9. The van der Waals surface area contributed by atoms with Crippen LogP contribution in [0.3, 0.4) is 0 Å². The fourth-order valence-electron chi connectivity index (χ4n) is 3.69. The SMILES string of the molecule is CC1CCCN(C(=O)CN2CCN(S(=O)(=O)c3c(Cl)cccc3Cl)CC2)C1. The first-order valence-corrected chi connectivity index (χ1v) is 11.4. The van der Waals surface area contributed by atoms with E-state index in [1.54, 1.807) is 6.07 Å². The fourth-order valence-corrected chi connectivity index (χ4v) is 6.21. The van der Waals surface area contributed by atoms with Gasteiger partial charge in [-0.25, -0.2) is 8.42 Å². The number of hydrogen-bond donors (Lipinski definition) is 0. The van der Waals surface area contributed by atoms with Gasteiger partial charge in [-0.2, -0.15) is 4.31 Å². The van der Waals surface area contributed by atoms with Gasteiger partial charge in [-0.1, -0.05) is 36.2 Å².